The normalized spacial score (nSPS) is 18.1. The van der Waals surface area contributed by atoms with E-state index < -0.39 is 0 Å². The van der Waals surface area contributed by atoms with Gasteiger partial charge in [0.2, 0.25) is 0 Å². The van der Waals surface area contributed by atoms with Crippen molar-refractivity contribution in [1.29, 1.82) is 0 Å². The lowest BCUT2D eigenvalue weighted by Crippen LogP contribution is -2.29. The van der Waals surface area contributed by atoms with E-state index in [1.54, 1.807) is 7.11 Å². The Morgan fingerprint density at radius 1 is 0.903 bits per heavy atom. The molecule has 2 aromatic heterocycles. The maximum Gasteiger partial charge on any atom is 0.174 e. The molecule has 6 heteroatoms. The third kappa shape index (κ3) is 3.66. The van der Waals surface area contributed by atoms with E-state index in [2.05, 4.69) is 50.4 Å². The molecule has 0 spiro atoms. The average molecular weight is 427 g/mol. The minimum atomic E-state index is -0.0672. The second kappa shape index (κ2) is 8.24. The van der Waals surface area contributed by atoms with Crippen molar-refractivity contribution >= 4 is 23.0 Å². The van der Waals surface area contributed by atoms with Gasteiger partial charge in [0.15, 0.2) is 5.11 Å². The number of ether oxygens (including phenoxy) is 1. The highest BCUT2D eigenvalue weighted by atomic mass is 32.1. The van der Waals surface area contributed by atoms with E-state index in [9.17, 15) is 0 Å². The number of anilines is 1. The van der Waals surface area contributed by atoms with E-state index in [-0.39, 0.29) is 12.1 Å². The number of pyridine rings is 1. The Kier molecular flexibility index (Phi) is 5.14. The molecular weight excluding hydrogens is 404 g/mol. The van der Waals surface area contributed by atoms with E-state index >= 15 is 0 Å². The number of thiocarbonyl (C=S) groups is 1. The first kappa shape index (κ1) is 19.3. The van der Waals surface area contributed by atoms with Crippen molar-refractivity contribution in [2.75, 3.05) is 12.0 Å². The van der Waals surface area contributed by atoms with Gasteiger partial charge in [-0.2, -0.15) is 0 Å². The summed E-state index contributed by atoms with van der Waals surface area (Å²) >= 11 is 5.79. The molecule has 3 heterocycles. The minimum absolute atomic E-state index is 0.0410. The second-order valence-electron chi connectivity index (χ2n) is 7.38. The largest absolute Gasteiger partial charge is 0.497 e. The quantitative estimate of drug-likeness (QED) is 0.452. The summed E-state index contributed by atoms with van der Waals surface area (Å²) in [6.07, 6.45) is 6.08. The van der Waals surface area contributed by atoms with Gasteiger partial charge in [-0.3, -0.25) is 4.98 Å². The molecule has 1 N–H and O–H groups in total. The summed E-state index contributed by atoms with van der Waals surface area (Å²) < 4.78 is 7.47. The van der Waals surface area contributed by atoms with Gasteiger partial charge in [-0.1, -0.05) is 24.3 Å². The molecule has 1 aliphatic heterocycles. The van der Waals surface area contributed by atoms with Crippen molar-refractivity contribution in [2.45, 2.75) is 12.1 Å². The maximum atomic E-state index is 5.79. The Balaban J connectivity index is 1.58. The van der Waals surface area contributed by atoms with Gasteiger partial charge in [0, 0.05) is 30.0 Å². The number of rotatable bonds is 5. The molecule has 0 radical (unpaired) electrons. The third-order valence-electron chi connectivity index (χ3n) is 5.56. The fourth-order valence-electron chi connectivity index (χ4n) is 4.06. The molecule has 1 saturated heterocycles. The van der Waals surface area contributed by atoms with E-state index in [1.807, 2.05) is 66.9 Å². The number of methoxy groups -OCH3 is 1. The van der Waals surface area contributed by atoms with Gasteiger partial charge in [-0.15, -0.1) is 0 Å². The molecule has 0 amide bonds. The number of hydrogen-bond acceptors (Lipinski definition) is 3. The summed E-state index contributed by atoms with van der Waals surface area (Å²) in [5, 5.41) is 4.18. The average Bonchev–Trinajstić information content (AvgIpc) is 3.45. The van der Waals surface area contributed by atoms with Crippen LogP contribution in [0.1, 0.15) is 23.3 Å². The molecule has 2 atom stereocenters. The second-order valence-corrected chi connectivity index (χ2v) is 7.77. The minimum Gasteiger partial charge on any atom is -0.497 e. The zero-order valence-electron chi connectivity index (χ0n) is 17.1. The Morgan fingerprint density at radius 3 is 2.39 bits per heavy atom. The number of aromatic nitrogens is 2. The van der Waals surface area contributed by atoms with Crippen molar-refractivity contribution in [2.24, 2.45) is 0 Å². The standard InChI is InChI=1S/C25H22N4OS/c1-30-21-12-10-20(11-13-21)29-24(23(27-25(29)31)22-9-5-6-15-26-22)18-14-16-28(17-18)19-7-3-2-4-8-19/h2-17,23-24H,1H3,(H,27,31)/t23-,24+/m1/s1. The molecule has 5 rings (SSSR count). The van der Waals surface area contributed by atoms with Crippen LogP contribution in [0, 0.1) is 0 Å². The van der Waals surface area contributed by atoms with E-state index in [4.69, 9.17) is 17.0 Å². The number of para-hydroxylation sites is 1. The number of nitrogens with zero attached hydrogens (tertiary/aromatic N) is 3. The molecule has 1 aliphatic rings. The highest BCUT2D eigenvalue weighted by Crippen LogP contribution is 2.42. The molecule has 0 bridgehead atoms. The number of nitrogens with one attached hydrogen (secondary N) is 1. The maximum absolute atomic E-state index is 5.79. The first-order valence-corrected chi connectivity index (χ1v) is 10.5. The van der Waals surface area contributed by atoms with Crippen LogP contribution in [-0.2, 0) is 0 Å². The van der Waals surface area contributed by atoms with Crippen molar-refractivity contribution in [3.05, 3.63) is 109 Å². The lowest BCUT2D eigenvalue weighted by molar-refractivity contribution is 0.415. The predicted octanol–water partition coefficient (Wildman–Crippen LogP) is 5.06. The molecule has 154 valence electrons. The van der Waals surface area contributed by atoms with E-state index in [1.165, 1.54) is 0 Å². The first-order valence-electron chi connectivity index (χ1n) is 10.1. The highest BCUT2D eigenvalue weighted by molar-refractivity contribution is 7.80. The lowest BCUT2D eigenvalue weighted by Gasteiger charge is -2.27. The smallest absolute Gasteiger partial charge is 0.174 e. The van der Waals surface area contributed by atoms with Gasteiger partial charge in [0.05, 0.1) is 24.9 Å². The Bertz CT molecular complexity index is 1180. The summed E-state index contributed by atoms with van der Waals surface area (Å²) in [7, 11) is 1.67. The topological polar surface area (TPSA) is 42.3 Å². The first-order chi connectivity index (χ1) is 15.2. The zero-order valence-corrected chi connectivity index (χ0v) is 17.9. The van der Waals surface area contributed by atoms with Crippen molar-refractivity contribution in [1.82, 2.24) is 14.9 Å². The Morgan fingerprint density at radius 2 is 1.68 bits per heavy atom. The van der Waals surface area contributed by atoms with Crippen LogP contribution in [0.25, 0.3) is 5.69 Å². The molecule has 31 heavy (non-hydrogen) atoms. The molecule has 2 aromatic carbocycles. The predicted molar refractivity (Wildman–Crippen MR) is 127 cm³/mol. The van der Waals surface area contributed by atoms with Crippen LogP contribution in [0.15, 0.2) is 97.5 Å². The van der Waals surface area contributed by atoms with Crippen LogP contribution in [0.5, 0.6) is 5.75 Å². The van der Waals surface area contributed by atoms with Gasteiger partial charge < -0.3 is 19.5 Å². The van der Waals surface area contributed by atoms with Gasteiger partial charge >= 0.3 is 0 Å². The van der Waals surface area contributed by atoms with Crippen molar-refractivity contribution < 1.29 is 4.74 Å². The van der Waals surface area contributed by atoms with Crippen LogP contribution < -0.4 is 15.0 Å². The fourth-order valence-corrected chi connectivity index (χ4v) is 4.41. The third-order valence-corrected chi connectivity index (χ3v) is 5.87. The highest BCUT2D eigenvalue weighted by Gasteiger charge is 2.41. The monoisotopic (exact) mass is 426 g/mol. The van der Waals surface area contributed by atoms with Crippen LogP contribution in [0.4, 0.5) is 5.69 Å². The summed E-state index contributed by atoms with van der Waals surface area (Å²) in [5.74, 6) is 0.815. The van der Waals surface area contributed by atoms with Crippen molar-refractivity contribution in [3.8, 4) is 11.4 Å². The van der Waals surface area contributed by atoms with Crippen molar-refractivity contribution in [3.63, 3.8) is 0 Å². The van der Waals surface area contributed by atoms with Crippen LogP contribution in [0.3, 0.4) is 0 Å². The van der Waals surface area contributed by atoms with Crippen LogP contribution in [-0.4, -0.2) is 21.8 Å². The molecule has 0 aliphatic carbocycles. The van der Waals surface area contributed by atoms with Gasteiger partial charge in [0.25, 0.3) is 0 Å². The van der Waals surface area contributed by atoms with E-state index in [0.717, 1.165) is 28.4 Å². The summed E-state index contributed by atoms with van der Waals surface area (Å²) in [5.41, 5.74) is 4.24. The van der Waals surface area contributed by atoms with Gasteiger partial charge in [-0.25, -0.2) is 0 Å². The number of hydrogen-bond donors (Lipinski definition) is 1. The number of benzene rings is 2. The van der Waals surface area contributed by atoms with E-state index in [0.29, 0.717) is 5.11 Å². The molecule has 1 fully saturated rings. The Labute approximate surface area is 186 Å². The molecule has 0 unspecified atom stereocenters. The fraction of sp³-hybridized carbons (Fsp3) is 0.120. The van der Waals surface area contributed by atoms with Crippen LogP contribution in [0.2, 0.25) is 0 Å². The Hall–Kier alpha value is -3.64. The van der Waals surface area contributed by atoms with Gasteiger partial charge in [0.1, 0.15) is 5.75 Å². The summed E-state index contributed by atoms with van der Waals surface area (Å²) in [6, 6.07) is 26.3. The lowest BCUT2D eigenvalue weighted by atomic mass is 9.98. The summed E-state index contributed by atoms with van der Waals surface area (Å²) in [4.78, 5) is 6.78. The zero-order chi connectivity index (χ0) is 21.2. The van der Waals surface area contributed by atoms with Crippen LogP contribution >= 0.6 is 12.2 Å². The SMILES string of the molecule is COc1ccc(N2C(=S)N[C@H](c3ccccn3)[C@@H]2c2ccn(-c3ccccc3)c2)cc1. The molecule has 0 saturated carbocycles. The molecule has 4 aromatic rings. The molecule has 5 nitrogen and oxygen atoms in total. The molecular formula is C25H22N4OS. The summed E-state index contributed by atoms with van der Waals surface area (Å²) in [6.45, 7) is 0. The van der Waals surface area contributed by atoms with Gasteiger partial charge in [-0.05, 0) is 72.4 Å².